The van der Waals surface area contributed by atoms with Crippen molar-refractivity contribution in [2.75, 3.05) is 13.3 Å². The van der Waals surface area contributed by atoms with E-state index in [2.05, 4.69) is 12.2 Å². The van der Waals surface area contributed by atoms with Gasteiger partial charge in [0.15, 0.2) is 0 Å². The van der Waals surface area contributed by atoms with Crippen LogP contribution in [0.5, 0.6) is 0 Å². The van der Waals surface area contributed by atoms with Crippen molar-refractivity contribution in [3.63, 3.8) is 0 Å². The fourth-order valence-electron chi connectivity index (χ4n) is 0. The van der Waals surface area contributed by atoms with Crippen molar-refractivity contribution in [1.82, 2.24) is 0 Å². The summed E-state index contributed by atoms with van der Waals surface area (Å²) in [4.78, 5) is 0. The Kier molecular flexibility index (Phi) is 30.8. The van der Waals surface area contributed by atoms with Crippen molar-refractivity contribution in [2.24, 2.45) is 0 Å². The van der Waals surface area contributed by atoms with E-state index in [1.54, 1.807) is 18.7 Å². The van der Waals surface area contributed by atoms with E-state index in [9.17, 15) is 4.57 Å². The van der Waals surface area contributed by atoms with Gasteiger partial charge < -0.3 is 0 Å². The highest BCUT2D eigenvalue weighted by Gasteiger charge is 1.80. The van der Waals surface area contributed by atoms with Crippen LogP contribution in [0.3, 0.4) is 0 Å². The van der Waals surface area contributed by atoms with Gasteiger partial charge in [0.2, 0.25) is 0 Å². The summed E-state index contributed by atoms with van der Waals surface area (Å²) in [5.41, 5.74) is 0. The number of hydrogen-bond acceptors (Lipinski definition) is 2. The van der Waals surface area contributed by atoms with Crippen LogP contribution in [0.15, 0.2) is 0 Å². The first-order chi connectivity index (χ1) is 3.15. The number of thiocarbonyl (C=S) groups is 1. The fraction of sp³-hybridized carbons (Fsp3) is 0.800. The van der Waals surface area contributed by atoms with E-state index in [4.69, 9.17) is 0 Å². The lowest BCUT2D eigenvalue weighted by atomic mass is 11.0. The zero-order valence-electron chi connectivity index (χ0n) is 4.84. The van der Waals surface area contributed by atoms with Gasteiger partial charge in [-0.2, -0.15) is 0 Å². The largest absolute Gasteiger partial charge is 0.332 e. The first kappa shape index (κ1) is 15.7. The van der Waals surface area contributed by atoms with E-state index in [0.717, 1.165) is 0 Å². The van der Waals surface area contributed by atoms with Crippen molar-refractivity contribution in [2.45, 2.75) is 14.4 Å². The van der Waals surface area contributed by atoms with Crippen LogP contribution in [0.4, 0.5) is 0 Å². The van der Waals surface area contributed by atoms with Crippen LogP contribution in [0.25, 0.3) is 0 Å². The Morgan fingerprint density at radius 2 is 1.50 bits per heavy atom. The maximum Gasteiger partial charge on any atom is 0.332 e. The Morgan fingerprint density at radius 1 is 1.50 bits per heavy atom. The van der Waals surface area contributed by atoms with E-state index in [0.29, 0.717) is 0 Å². The SMILES string of the molecule is C.CC=S.C[P+](C)=O. The zero-order valence-corrected chi connectivity index (χ0v) is 6.55. The lowest BCUT2D eigenvalue weighted by Crippen LogP contribution is -1.33. The maximum absolute atomic E-state index is 9.59. The van der Waals surface area contributed by atoms with Crippen LogP contribution < -0.4 is 0 Å². The molecular weight excluding hydrogens is 139 g/mol. The second kappa shape index (κ2) is 15.7. The van der Waals surface area contributed by atoms with Crippen molar-refractivity contribution in [1.29, 1.82) is 0 Å². The lowest BCUT2D eigenvalue weighted by molar-refractivity contribution is 0.594. The monoisotopic (exact) mass is 153 g/mol. The average Bonchev–Trinajstić information content (AvgIpc) is 1.33. The minimum atomic E-state index is -0.870. The predicted octanol–water partition coefficient (Wildman–Crippen LogP) is 2.72. The van der Waals surface area contributed by atoms with E-state index in [1.165, 1.54) is 0 Å². The quantitative estimate of drug-likeness (QED) is 0.393. The number of rotatable bonds is 0. The van der Waals surface area contributed by atoms with Crippen molar-refractivity contribution >= 4 is 25.4 Å². The van der Waals surface area contributed by atoms with Crippen molar-refractivity contribution in [3.8, 4) is 0 Å². The molecule has 0 bridgehead atoms. The van der Waals surface area contributed by atoms with Gasteiger partial charge in [0, 0.05) is 0 Å². The summed E-state index contributed by atoms with van der Waals surface area (Å²) < 4.78 is 9.59. The molecule has 3 heteroatoms. The molecule has 0 radical (unpaired) electrons. The van der Waals surface area contributed by atoms with Gasteiger partial charge in [0.25, 0.3) is 0 Å². The minimum Gasteiger partial charge on any atom is -0.0938 e. The molecule has 0 amide bonds. The van der Waals surface area contributed by atoms with Gasteiger partial charge in [0.05, 0.1) is 0 Å². The minimum absolute atomic E-state index is 0. The first-order valence-corrected chi connectivity index (χ1v) is 4.52. The van der Waals surface area contributed by atoms with Crippen molar-refractivity contribution in [3.05, 3.63) is 0 Å². The van der Waals surface area contributed by atoms with Crippen LogP contribution in [0, 0.1) is 0 Å². The Balaban J connectivity index is -0.0000000575. The molecule has 0 aliphatic carbocycles. The zero-order chi connectivity index (χ0) is 6.28. The Hall–Kier alpha value is 0.190. The molecule has 1 nitrogen and oxygen atoms in total. The summed E-state index contributed by atoms with van der Waals surface area (Å²) in [7, 11) is -0.870. The Bertz CT molecular complexity index is 59.4. The molecule has 0 unspecified atom stereocenters. The summed E-state index contributed by atoms with van der Waals surface area (Å²) in [6.45, 7) is 5.17. The summed E-state index contributed by atoms with van der Waals surface area (Å²) in [5.74, 6) is 0. The molecule has 8 heavy (non-hydrogen) atoms. The Morgan fingerprint density at radius 3 is 1.50 bits per heavy atom. The molecule has 0 saturated heterocycles. The van der Waals surface area contributed by atoms with Gasteiger partial charge in [-0.15, -0.1) is 0 Å². The summed E-state index contributed by atoms with van der Waals surface area (Å²) in [5, 5.41) is 1.58. The number of hydrogen-bond donors (Lipinski definition) is 0. The third-order valence-corrected chi connectivity index (χ3v) is 0. The second-order valence-corrected chi connectivity index (χ2v) is 3.14. The third-order valence-electron chi connectivity index (χ3n) is 0. The van der Waals surface area contributed by atoms with Gasteiger partial charge in [0.1, 0.15) is 13.3 Å². The highest BCUT2D eigenvalue weighted by Crippen LogP contribution is 2.00. The molecule has 0 N–H and O–H groups in total. The highest BCUT2D eigenvalue weighted by atomic mass is 32.1. The molecular formula is C5H14OPS+. The topological polar surface area (TPSA) is 17.1 Å². The molecule has 0 spiro atoms. The summed E-state index contributed by atoms with van der Waals surface area (Å²) in [6, 6.07) is 0. The highest BCUT2D eigenvalue weighted by molar-refractivity contribution is 7.78. The molecule has 0 fully saturated rings. The van der Waals surface area contributed by atoms with Crippen LogP contribution in [0.2, 0.25) is 0 Å². The van der Waals surface area contributed by atoms with E-state index in [1.807, 2.05) is 6.92 Å². The molecule has 0 rings (SSSR count). The summed E-state index contributed by atoms with van der Waals surface area (Å²) in [6.07, 6.45) is 0. The van der Waals surface area contributed by atoms with Gasteiger partial charge >= 0.3 is 7.80 Å². The molecule has 0 aromatic carbocycles. The smallest absolute Gasteiger partial charge is 0.0938 e. The van der Waals surface area contributed by atoms with Crippen LogP contribution in [-0.4, -0.2) is 18.7 Å². The average molecular weight is 153 g/mol. The molecule has 0 saturated carbocycles. The molecule has 0 aliphatic heterocycles. The molecule has 0 aromatic rings. The predicted molar refractivity (Wildman–Crippen MR) is 45.5 cm³/mol. The van der Waals surface area contributed by atoms with Crippen LogP contribution in [-0.2, 0) is 4.57 Å². The van der Waals surface area contributed by atoms with E-state index >= 15 is 0 Å². The van der Waals surface area contributed by atoms with E-state index < -0.39 is 7.80 Å². The second-order valence-electron chi connectivity index (χ2n) is 1.05. The first-order valence-electron chi connectivity index (χ1n) is 1.89. The molecule has 0 aliphatic rings. The standard InChI is InChI=1S/C2H6OP.C2H4S.CH4/c1-4(2)3;1-2-3;/h1-2H3;2H,1H3;1H4/q+1;;. The summed E-state index contributed by atoms with van der Waals surface area (Å²) >= 11 is 4.27. The van der Waals surface area contributed by atoms with Crippen molar-refractivity contribution < 1.29 is 4.57 Å². The normalized spacial score (nSPS) is 4.88. The van der Waals surface area contributed by atoms with E-state index in [-0.39, 0.29) is 7.43 Å². The van der Waals surface area contributed by atoms with Gasteiger partial charge in [-0.05, 0) is 12.3 Å². The van der Waals surface area contributed by atoms with Gasteiger partial charge in [-0.3, -0.25) is 0 Å². The third kappa shape index (κ3) is 4620. The van der Waals surface area contributed by atoms with Crippen LogP contribution >= 0.6 is 20.0 Å². The molecule has 0 aromatic heterocycles. The van der Waals surface area contributed by atoms with Crippen LogP contribution in [0.1, 0.15) is 14.4 Å². The molecule has 50 valence electrons. The Labute approximate surface area is 58.3 Å². The lowest BCUT2D eigenvalue weighted by Gasteiger charge is -1.37. The molecule has 0 atom stereocenters. The maximum atomic E-state index is 9.59. The fourth-order valence-corrected chi connectivity index (χ4v) is 0. The van der Waals surface area contributed by atoms with Gasteiger partial charge in [-0.25, -0.2) is 0 Å². The van der Waals surface area contributed by atoms with Gasteiger partial charge in [-0.1, -0.05) is 24.2 Å². The molecule has 0 heterocycles.